The van der Waals surface area contributed by atoms with Crippen LogP contribution >= 0.6 is 0 Å². The van der Waals surface area contributed by atoms with Gasteiger partial charge in [-0.1, -0.05) is 18.2 Å². The molecule has 0 aliphatic carbocycles. The number of aliphatic hydroxyl groups is 2. The predicted molar refractivity (Wildman–Crippen MR) is 74.7 cm³/mol. The molecular formula is C14H19NO6. The number of carbonyl (C=O) groups is 2. The van der Waals surface area contributed by atoms with E-state index in [9.17, 15) is 19.8 Å². The third-order valence-electron chi connectivity index (χ3n) is 2.85. The average molecular weight is 297 g/mol. The van der Waals surface area contributed by atoms with Crippen LogP contribution in [0.15, 0.2) is 30.3 Å². The second kappa shape index (κ2) is 8.23. The molecule has 0 saturated carbocycles. The summed E-state index contributed by atoms with van der Waals surface area (Å²) in [6, 6.07) is 8.78. The summed E-state index contributed by atoms with van der Waals surface area (Å²) in [6.45, 7) is -0.241. The van der Waals surface area contributed by atoms with Crippen molar-refractivity contribution in [3.63, 3.8) is 0 Å². The van der Waals surface area contributed by atoms with Crippen LogP contribution in [0.1, 0.15) is 0 Å². The van der Waals surface area contributed by atoms with E-state index in [0.29, 0.717) is 5.69 Å². The topological polar surface area (TPSA) is 96.3 Å². The quantitative estimate of drug-likeness (QED) is 0.659. The maximum absolute atomic E-state index is 11.3. The molecule has 0 saturated heterocycles. The Morgan fingerprint density at radius 3 is 1.81 bits per heavy atom. The number of rotatable bonds is 7. The van der Waals surface area contributed by atoms with E-state index in [1.807, 2.05) is 0 Å². The highest BCUT2D eigenvalue weighted by Crippen LogP contribution is 2.14. The molecule has 0 aliphatic heterocycles. The number of carbonyl (C=O) groups excluding carboxylic acids is 2. The molecule has 7 heteroatoms. The fraction of sp³-hybridized carbons (Fsp3) is 0.429. The standard InChI is InChI=1S/C14H19NO6/c1-20-13(18)11(16)8-15(9-12(17)14(19)21-2)10-6-4-3-5-7-10/h3-7,11-12,16-17H,8-9H2,1-2H3. The maximum Gasteiger partial charge on any atom is 0.336 e. The van der Waals surface area contributed by atoms with Gasteiger partial charge in [-0.05, 0) is 12.1 Å². The molecule has 0 spiro atoms. The van der Waals surface area contributed by atoms with Gasteiger partial charge >= 0.3 is 11.9 Å². The number of methoxy groups -OCH3 is 2. The summed E-state index contributed by atoms with van der Waals surface area (Å²) in [5.74, 6) is -1.58. The summed E-state index contributed by atoms with van der Waals surface area (Å²) >= 11 is 0. The Morgan fingerprint density at radius 2 is 1.43 bits per heavy atom. The normalized spacial score (nSPS) is 13.1. The smallest absolute Gasteiger partial charge is 0.336 e. The third-order valence-corrected chi connectivity index (χ3v) is 2.85. The molecule has 0 aromatic heterocycles. The van der Waals surface area contributed by atoms with Crippen LogP contribution in [-0.4, -0.2) is 61.7 Å². The number of para-hydroxylation sites is 1. The highest BCUT2D eigenvalue weighted by Gasteiger charge is 2.24. The van der Waals surface area contributed by atoms with E-state index >= 15 is 0 Å². The van der Waals surface area contributed by atoms with E-state index in [4.69, 9.17) is 0 Å². The molecule has 2 unspecified atom stereocenters. The van der Waals surface area contributed by atoms with Crippen molar-refractivity contribution < 1.29 is 29.3 Å². The molecule has 116 valence electrons. The lowest BCUT2D eigenvalue weighted by atomic mass is 10.2. The first-order valence-electron chi connectivity index (χ1n) is 6.31. The van der Waals surface area contributed by atoms with Gasteiger partial charge in [0.05, 0.1) is 27.3 Å². The fourth-order valence-corrected chi connectivity index (χ4v) is 1.76. The SMILES string of the molecule is COC(=O)C(O)CN(CC(O)C(=O)OC)c1ccccc1. The van der Waals surface area contributed by atoms with E-state index in [0.717, 1.165) is 0 Å². The van der Waals surface area contributed by atoms with Crippen molar-refractivity contribution in [2.24, 2.45) is 0 Å². The first kappa shape index (κ1) is 16.9. The molecule has 1 aromatic carbocycles. The van der Waals surface area contributed by atoms with E-state index in [-0.39, 0.29) is 13.1 Å². The average Bonchev–Trinajstić information content (AvgIpc) is 2.53. The van der Waals surface area contributed by atoms with Gasteiger partial charge in [0, 0.05) is 5.69 Å². The largest absolute Gasteiger partial charge is 0.467 e. The molecule has 0 bridgehead atoms. The second-order valence-electron chi connectivity index (χ2n) is 4.32. The number of esters is 2. The lowest BCUT2D eigenvalue weighted by Crippen LogP contribution is -2.43. The fourth-order valence-electron chi connectivity index (χ4n) is 1.76. The van der Waals surface area contributed by atoms with Gasteiger partial charge < -0.3 is 24.6 Å². The van der Waals surface area contributed by atoms with Gasteiger partial charge in [-0.15, -0.1) is 0 Å². The number of nitrogens with zero attached hydrogens (tertiary/aromatic N) is 1. The molecule has 2 N–H and O–H groups in total. The van der Waals surface area contributed by atoms with Gasteiger partial charge in [-0.25, -0.2) is 9.59 Å². The molecular weight excluding hydrogens is 278 g/mol. The van der Waals surface area contributed by atoms with Crippen LogP contribution in [0.3, 0.4) is 0 Å². The third kappa shape index (κ3) is 5.05. The van der Waals surface area contributed by atoms with Crippen molar-refractivity contribution in [2.45, 2.75) is 12.2 Å². The van der Waals surface area contributed by atoms with Crippen LogP contribution in [0.4, 0.5) is 5.69 Å². The van der Waals surface area contributed by atoms with Crippen molar-refractivity contribution >= 4 is 17.6 Å². The lowest BCUT2D eigenvalue weighted by Gasteiger charge is -2.27. The van der Waals surface area contributed by atoms with Crippen LogP contribution in [0.5, 0.6) is 0 Å². The molecule has 7 nitrogen and oxygen atoms in total. The second-order valence-corrected chi connectivity index (χ2v) is 4.32. The van der Waals surface area contributed by atoms with Gasteiger partial charge in [0.2, 0.25) is 0 Å². The minimum Gasteiger partial charge on any atom is -0.467 e. The first-order valence-corrected chi connectivity index (χ1v) is 6.31. The Kier molecular flexibility index (Phi) is 6.64. The molecule has 0 amide bonds. The van der Waals surface area contributed by atoms with E-state index in [2.05, 4.69) is 9.47 Å². The molecule has 0 aliphatic rings. The number of ether oxygens (including phenoxy) is 2. The van der Waals surface area contributed by atoms with Crippen LogP contribution in [-0.2, 0) is 19.1 Å². The summed E-state index contributed by atoms with van der Waals surface area (Å²) in [7, 11) is 2.34. The molecule has 2 atom stereocenters. The Bertz CT molecular complexity index is 440. The van der Waals surface area contributed by atoms with E-state index < -0.39 is 24.1 Å². The summed E-state index contributed by atoms with van der Waals surface area (Å²) in [5.41, 5.74) is 0.642. The summed E-state index contributed by atoms with van der Waals surface area (Å²) in [5, 5.41) is 19.5. The van der Waals surface area contributed by atoms with Gasteiger partial charge in [0.1, 0.15) is 0 Å². The summed E-state index contributed by atoms with van der Waals surface area (Å²) in [6.07, 6.45) is -2.78. The molecule has 1 rings (SSSR count). The number of hydrogen-bond donors (Lipinski definition) is 2. The number of anilines is 1. The van der Waals surface area contributed by atoms with Crippen LogP contribution < -0.4 is 4.90 Å². The molecule has 0 radical (unpaired) electrons. The number of aliphatic hydroxyl groups excluding tert-OH is 2. The van der Waals surface area contributed by atoms with Crippen molar-refractivity contribution in [3.05, 3.63) is 30.3 Å². The Labute approximate surface area is 122 Å². The van der Waals surface area contributed by atoms with Crippen molar-refractivity contribution in [1.82, 2.24) is 0 Å². The van der Waals surface area contributed by atoms with Crippen LogP contribution in [0.2, 0.25) is 0 Å². The van der Waals surface area contributed by atoms with Crippen LogP contribution in [0.25, 0.3) is 0 Å². The van der Waals surface area contributed by atoms with E-state index in [1.165, 1.54) is 19.1 Å². The highest BCUT2D eigenvalue weighted by atomic mass is 16.5. The minimum atomic E-state index is -1.39. The first-order chi connectivity index (χ1) is 9.99. The zero-order valence-electron chi connectivity index (χ0n) is 11.9. The van der Waals surface area contributed by atoms with Gasteiger partial charge in [0.15, 0.2) is 12.2 Å². The monoisotopic (exact) mass is 297 g/mol. The lowest BCUT2D eigenvalue weighted by molar-refractivity contribution is -0.150. The minimum absolute atomic E-state index is 0.120. The van der Waals surface area contributed by atoms with Gasteiger partial charge in [-0.3, -0.25) is 0 Å². The zero-order valence-corrected chi connectivity index (χ0v) is 11.9. The molecule has 0 fully saturated rings. The zero-order chi connectivity index (χ0) is 15.8. The predicted octanol–water partition coefficient (Wildman–Crippen LogP) is -0.439. The van der Waals surface area contributed by atoms with Crippen molar-refractivity contribution in [1.29, 1.82) is 0 Å². The molecule has 21 heavy (non-hydrogen) atoms. The highest BCUT2D eigenvalue weighted by molar-refractivity contribution is 5.76. The maximum atomic E-state index is 11.3. The Morgan fingerprint density at radius 1 is 1.00 bits per heavy atom. The number of benzene rings is 1. The van der Waals surface area contributed by atoms with Crippen LogP contribution in [0, 0.1) is 0 Å². The Balaban J connectivity index is 2.85. The summed E-state index contributed by atoms with van der Waals surface area (Å²) in [4.78, 5) is 24.1. The van der Waals surface area contributed by atoms with Gasteiger partial charge in [0.25, 0.3) is 0 Å². The van der Waals surface area contributed by atoms with Gasteiger partial charge in [-0.2, -0.15) is 0 Å². The molecule has 1 aromatic rings. The van der Waals surface area contributed by atoms with Crippen molar-refractivity contribution in [2.75, 3.05) is 32.2 Å². The summed E-state index contributed by atoms with van der Waals surface area (Å²) < 4.78 is 8.91. The van der Waals surface area contributed by atoms with Crippen molar-refractivity contribution in [3.8, 4) is 0 Å². The Hall–Kier alpha value is -2.12. The molecule has 0 heterocycles. The van der Waals surface area contributed by atoms with E-state index in [1.54, 1.807) is 30.3 Å². The number of hydrogen-bond acceptors (Lipinski definition) is 7.